The second-order valence-corrected chi connectivity index (χ2v) is 6.39. The van der Waals surface area contributed by atoms with Crippen molar-refractivity contribution in [2.45, 2.75) is 64.3 Å². The average molecular weight is 265 g/mol. The van der Waals surface area contributed by atoms with Crippen LogP contribution in [0.5, 0.6) is 0 Å². The molecule has 0 bridgehead atoms. The standard InChI is InChI=1S/C16H31N3/c1-4-11-18-16(2,14-17)10-12-19(3)13-15-8-6-5-7-9-15/h15,18H,4-13H2,1-3H3. The molecule has 1 fully saturated rings. The summed E-state index contributed by atoms with van der Waals surface area (Å²) in [5, 5.41) is 12.7. The van der Waals surface area contributed by atoms with E-state index >= 15 is 0 Å². The summed E-state index contributed by atoms with van der Waals surface area (Å²) in [6.07, 6.45) is 9.02. The van der Waals surface area contributed by atoms with Gasteiger partial charge in [0.25, 0.3) is 0 Å². The molecule has 1 aliphatic carbocycles. The fourth-order valence-electron chi connectivity index (χ4n) is 2.90. The normalized spacial score (nSPS) is 20.2. The Hall–Kier alpha value is -0.590. The van der Waals surface area contributed by atoms with Crippen LogP contribution < -0.4 is 5.32 Å². The number of hydrogen-bond donors (Lipinski definition) is 1. The lowest BCUT2D eigenvalue weighted by molar-refractivity contribution is 0.218. The van der Waals surface area contributed by atoms with Crippen LogP contribution in [0.2, 0.25) is 0 Å². The van der Waals surface area contributed by atoms with Crippen LogP contribution in [0.25, 0.3) is 0 Å². The van der Waals surface area contributed by atoms with E-state index in [4.69, 9.17) is 0 Å². The summed E-state index contributed by atoms with van der Waals surface area (Å²) in [6.45, 7) is 7.31. The maximum atomic E-state index is 9.32. The van der Waals surface area contributed by atoms with Crippen LogP contribution >= 0.6 is 0 Å². The van der Waals surface area contributed by atoms with Crippen molar-refractivity contribution < 1.29 is 0 Å². The van der Waals surface area contributed by atoms with Gasteiger partial charge in [-0.05, 0) is 52.1 Å². The van der Waals surface area contributed by atoms with Gasteiger partial charge in [0.2, 0.25) is 0 Å². The van der Waals surface area contributed by atoms with Crippen molar-refractivity contribution in [3.8, 4) is 6.07 Å². The predicted octanol–water partition coefficient (Wildman–Crippen LogP) is 3.17. The highest BCUT2D eigenvalue weighted by atomic mass is 15.1. The third-order valence-electron chi connectivity index (χ3n) is 4.30. The van der Waals surface area contributed by atoms with Crippen molar-refractivity contribution in [1.82, 2.24) is 10.2 Å². The first kappa shape index (κ1) is 16.5. The van der Waals surface area contributed by atoms with Gasteiger partial charge in [0, 0.05) is 13.1 Å². The van der Waals surface area contributed by atoms with E-state index in [1.54, 1.807) is 0 Å². The molecule has 1 rings (SSSR count). The Morgan fingerprint density at radius 1 is 1.32 bits per heavy atom. The van der Waals surface area contributed by atoms with Crippen LogP contribution in [0.3, 0.4) is 0 Å². The molecule has 0 heterocycles. The van der Waals surface area contributed by atoms with Gasteiger partial charge in [0.15, 0.2) is 0 Å². The monoisotopic (exact) mass is 265 g/mol. The van der Waals surface area contributed by atoms with Crippen molar-refractivity contribution in [3.63, 3.8) is 0 Å². The fraction of sp³-hybridized carbons (Fsp3) is 0.938. The Morgan fingerprint density at radius 3 is 2.58 bits per heavy atom. The molecule has 1 aliphatic rings. The molecular formula is C16H31N3. The van der Waals surface area contributed by atoms with E-state index < -0.39 is 0 Å². The lowest BCUT2D eigenvalue weighted by Gasteiger charge is -2.30. The quantitative estimate of drug-likeness (QED) is 0.732. The summed E-state index contributed by atoms with van der Waals surface area (Å²) < 4.78 is 0. The van der Waals surface area contributed by atoms with E-state index in [2.05, 4.69) is 30.3 Å². The first-order valence-corrected chi connectivity index (χ1v) is 7.94. The van der Waals surface area contributed by atoms with E-state index in [0.29, 0.717) is 0 Å². The number of rotatable bonds is 8. The van der Waals surface area contributed by atoms with Gasteiger partial charge in [-0.15, -0.1) is 0 Å². The topological polar surface area (TPSA) is 39.1 Å². The summed E-state index contributed by atoms with van der Waals surface area (Å²) in [5.41, 5.74) is -0.364. The molecule has 0 spiro atoms. The zero-order valence-corrected chi connectivity index (χ0v) is 13.0. The minimum atomic E-state index is -0.364. The molecule has 1 unspecified atom stereocenters. The molecule has 0 amide bonds. The van der Waals surface area contributed by atoms with Gasteiger partial charge in [-0.3, -0.25) is 5.32 Å². The molecular weight excluding hydrogens is 234 g/mol. The average Bonchev–Trinajstić information content (AvgIpc) is 2.44. The highest BCUT2D eigenvalue weighted by Gasteiger charge is 2.23. The third-order valence-corrected chi connectivity index (χ3v) is 4.30. The summed E-state index contributed by atoms with van der Waals surface area (Å²) in [6, 6.07) is 2.43. The van der Waals surface area contributed by atoms with Gasteiger partial charge in [0.05, 0.1) is 6.07 Å². The zero-order chi connectivity index (χ0) is 14.1. The van der Waals surface area contributed by atoms with E-state index in [9.17, 15) is 5.26 Å². The molecule has 1 N–H and O–H groups in total. The summed E-state index contributed by atoms with van der Waals surface area (Å²) in [7, 11) is 2.20. The van der Waals surface area contributed by atoms with E-state index in [1.807, 2.05) is 6.92 Å². The lowest BCUT2D eigenvalue weighted by atomic mass is 9.89. The molecule has 0 aliphatic heterocycles. The summed E-state index contributed by atoms with van der Waals surface area (Å²) >= 11 is 0. The van der Waals surface area contributed by atoms with Crippen molar-refractivity contribution in [2.24, 2.45) is 5.92 Å². The maximum Gasteiger partial charge on any atom is 0.105 e. The SMILES string of the molecule is CCCNC(C)(C#N)CCN(C)CC1CCCCC1. The van der Waals surface area contributed by atoms with Crippen LogP contribution in [0, 0.1) is 17.2 Å². The van der Waals surface area contributed by atoms with Gasteiger partial charge in [-0.25, -0.2) is 0 Å². The number of nitriles is 1. The molecule has 0 saturated heterocycles. The van der Waals surface area contributed by atoms with Crippen molar-refractivity contribution in [1.29, 1.82) is 5.26 Å². The fourth-order valence-corrected chi connectivity index (χ4v) is 2.90. The van der Waals surface area contributed by atoms with Crippen LogP contribution in [0.15, 0.2) is 0 Å². The molecule has 3 nitrogen and oxygen atoms in total. The number of nitrogens with zero attached hydrogens (tertiary/aromatic N) is 2. The van der Waals surface area contributed by atoms with Crippen molar-refractivity contribution in [3.05, 3.63) is 0 Å². The first-order valence-electron chi connectivity index (χ1n) is 7.94. The van der Waals surface area contributed by atoms with Gasteiger partial charge < -0.3 is 4.90 Å². The van der Waals surface area contributed by atoms with Gasteiger partial charge in [-0.1, -0.05) is 26.2 Å². The Balaban J connectivity index is 2.27. The Kier molecular flexibility index (Phi) is 7.41. The molecule has 110 valence electrons. The molecule has 19 heavy (non-hydrogen) atoms. The predicted molar refractivity (Wildman–Crippen MR) is 81.0 cm³/mol. The molecule has 0 aromatic carbocycles. The second kappa shape index (κ2) is 8.55. The van der Waals surface area contributed by atoms with E-state index in [-0.39, 0.29) is 5.54 Å². The molecule has 0 aromatic heterocycles. The smallest absolute Gasteiger partial charge is 0.105 e. The summed E-state index contributed by atoms with van der Waals surface area (Å²) in [4.78, 5) is 2.42. The molecule has 0 aromatic rings. The number of hydrogen-bond acceptors (Lipinski definition) is 3. The van der Waals surface area contributed by atoms with E-state index in [1.165, 1.54) is 38.6 Å². The largest absolute Gasteiger partial charge is 0.306 e. The second-order valence-electron chi connectivity index (χ2n) is 6.39. The third kappa shape index (κ3) is 6.40. The van der Waals surface area contributed by atoms with Gasteiger partial charge in [-0.2, -0.15) is 5.26 Å². The summed E-state index contributed by atoms with van der Waals surface area (Å²) in [5.74, 6) is 0.885. The van der Waals surface area contributed by atoms with Crippen LogP contribution in [-0.4, -0.2) is 37.1 Å². The maximum absolute atomic E-state index is 9.32. The molecule has 1 saturated carbocycles. The Bertz CT molecular complexity index is 278. The minimum absolute atomic E-state index is 0.364. The Labute approximate surface area is 119 Å². The first-order chi connectivity index (χ1) is 9.09. The van der Waals surface area contributed by atoms with E-state index in [0.717, 1.165) is 31.8 Å². The van der Waals surface area contributed by atoms with Gasteiger partial charge in [0.1, 0.15) is 5.54 Å². The molecule has 3 heteroatoms. The van der Waals surface area contributed by atoms with Crippen molar-refractivity contribution in [2.75, 3.05) is 26.7 Å². The molecule has 0 radical (unpaired) electrons. The number of nitrogens with one attached hydrogen (secondary N) is 1. The van der Waals surface area contributed by atoms with Crippen molar-refractivity contribution >= 4 is 0 Å². The van der Waals surface area contributed by atoms with Crippen LogP contribution in [0.4, 0.5) is 0 Å². The minimum Gasteiger partial charge on any atom is -0.306 e. The molecule has 1 atom stereocenters. The van der Waals surface area contributed by atoms with Gasteiger partial charge >= 0.3 is 0 Å². The lowest BCUT2D eigenvalue weighted by Crippen LogP contribution is -2.44. The highest BCUT2D eigenvalue weighted by Crippen LogP contribution is 2.24. The van der Waals surface area contributed by atoms with Crippen LogP contribution in [0.1, 0.15) is 58.8 Å². The zero-order valence-electron chi connectivity index (χ0n) is 13.0. The Morgan fingerprint density at radius 2 is 2.00 bits per heavy atom. The highest BCUT2D eigenvalue weighted by molar-refractivity contribution is 5.03. The van der Waals surface area contributed by atoms with Crippen LogP contribution in [-0.2, 0) is 0 Å².